The first-order valence-electron chi connectivity index (χ1n) is 9.12. The van der Waals surface area contributed by atoms with Gasteiger partial charge in [0.05, 0.1) is 5.56 Å². The summed E-state index contributed by atoms with van der Waals surface area (Å²) < 4.78 is 0. The monoisotopic (exact) mass is 350 g/mol. The average molecular weight is 351 g/mol. The molecule has 0 saturated heterocycles. The lowest BCUT2D eigenvalue weighted by atomic mass is 9.74. The topological polar surface area (TPSA) is 66.6 Å². The summed E-state index contributed by atoms with van der Waals surface area (Å²) in [6.45, 7) is 5.36. The van der Waals surface area contributed by atoms with Crippen molar-refractivity contribution in [3.63, 3.8) is 0 Å². The third kappa shape index (κ3) is 3.53. The van der Waals surface area contributed by atoms with Gasteiger partial charge in [-0.15, -0.1) is 11.3 Å². The second-order valence-corrected chi connectivity index (χ2v) is 9.62. The van der Waals surface area contributed by atoms with Crippen LogP contribution in [0.2, 0.25) is 0 Å². The highest BCUT2D eigenvalue weighted by atomic mass is 32.1. The zero-order valence-corrected chi connectivity index (χ0v) is 15.9. The van der Waals surface area contributed by atoms with Crippen LogP contribution < -0.4 is 5.84 Å². The Bertz CT molecular complexity index is 621. The molecule has 0 amide bonds. The van der Waals surface area contributed by atoms with Crippen LogP contribution in [-0.2, 0) is 12.8 Å². The predicted molar refractivity (Wildman–Crippen MR) is 98.6 cm³/mol. The number of nitrogens with zero attached hydrogens (tertiary/aromatic N) is 1. The van der Waals surface area contributed by atoms with E-state index in [0.29, 0.717) is 17.4 Å². The number of aromatic carboxylic acids is 1. The van der Waals surface area contributed by atoms with Gasteiger partial charge in [-0.05, 0) is 54.9 Å². The molecular weight excluding hydrogens is 320 g/mol. The molecule has 0 aliphatic heterocycles. The molecule has 0 spiro atoms. The largest absolute Gasteiger partial charge is 0.478 e. The summed E-state index contributed by atoms with van der Waals surface area (Å²) >= 11 is 1.79. The molecule has 1 aromatic heterocycles. The van der Waals surface area contributed by atoms with Gasteiger partial charge in [-0.25, -0.2) is 9.80 Å². The van der Waals surface area contributed by atoms with Crippen molar-refractivity contribution >= 4 is 17.3 Å². The number of carbonyl (C=O) groups is 1. The highest BCUT2D eigenvalue weighted by Gasteiger charge is 2.37. The lowest BCUT2D eigenvalue weighted by Gasteiger charge is -2.33. The van der Waals surface area contributed by atoms with E-state index in [1.54, 1.807) is 16.3 Å². The Balaban J connectivity index is 2.00. The molecule has 3 rings (SSSR count). The minimum Gasteiger partial charge on any atom is -0.478 e. The van der Waals surface area contributed by atoms with Crippen molar-refractivity contribution in [2.24, 2.45) is 17.2 Å². The summed E-state index contributed by atoms with van der Waals surface area (Å²) in [6, 6.07) is 0. The molecule has 3 N–H and O–H groups in total. The quantitative estimate of drug-likeness (QED) is 0.635. The Kier molecular flexibility index (Phi) is 5.05. The van der Waals surface area contributed by atoms with Gasteiger partial charge in [-0.1, -0.05) is 26.7 Å². The van der Waals surface area contributed by atoms with E-state index in [-0.39, 0.29) is 5.41 Å². The molecule has 1 heterocycles. The maximum absolute atomic E-state index is 12.1. The van der Waals surface area contributed by atoms with Gasteiger partial charge < -0.3 is 5.11 Å². The van der Waals surface area contributed by atoms with Crippen molar-refractivity contribution < 1.29 is 9.90 Å². The summed E-state index contributed by atoms with van der Waals surface area (Å²) in [5.74, 6) is 6.01. The van der Waals surface area contributed by atoms with Gasteiger partial charge in [-0.3, -0.25) is 5.84 Å². The van der Waals surface area contributed by atoms with E-state index in [2.05, 4.69) is 13.8 Å². The van der Waals surface area contributed by atoms with Gasteiger partial charge in [0.15, 0.2) is 0 Å². The Morgan fingerprint density at radius 1 is 1.38 bits per heavy atom. The highest BCUT2D eigenvalue weighted by molar-refractivity contribution is 7.12. The van der Waals surface area contributed by atoms with Crippen LogP contribution in [0.25, 0.3) is 0 Å². The van der Waals surface area contributed by atoms with Gasteiger partial charge in [0.2, 0.25) is 0 Å². The first kappa shape index (κ1) is 17.9. The Morgan fingerprint density at radius 2 is 2.08 bits per heavy atom. The summed E-state index contributed by atoms with van der Waals surface area (Å²) in [7, 11) is 1.91. The van der Waals surface area contributed by atoms with E-state index in [4.69, 9.17) is 5.84 Å². The number of thiophene rings is 1. The molecule has 1 aromatic rings. The SMILES string of the molecule is CN(N)C[C@@H]1CCCC[C@@H]1c1sc2c(c1C(=O)O)CC(C)(C)CC2. The molecule has 1 fully saturated rings. The van der Waals surface area contributed by atoms with Crippen LogP contribution in [0.4, 0.5) is 0 Å². The number of hydrazine groups is 1. The second-order valence-electron chi connectivity index (χ2n) is 8.48. The van der Waals surface area contributed by atoms with Crippen molar-refractivity contribution in [2.45, 2.75) is 64.7 Å². The molecular formula is C19H30N2O2S. The Hall–Kier alpha value is -0.910. The molecule has 4 nitrogen and oxygen atoms in total. The van der Waals surface area contributed by atoms with Gasteiger partial charge in [0, 0.05) is 23.3 Å². The van der Waals surface area contributed by atoms with Crippen LogP contribution in [-0.4, -0.2) is 29.7 Å². The van der Waals surface area contributed by atoms with E-state index in [1.165, 1.54) is 17.7 Å². The molecule has 5 heteroatoms. The Morgan fingerprint density at radius 3 is 2.75 bits per heavy atom. The van der Waals surface area contributed by atoms with Crippen LogP contribution in [0.15, 0.2) is 0 Å². The van der Waals surface area contributed by atoms with Gasteiger partial charge in [-0.2, -0.15) is 0 Å². The van der Waals surface area contributed by atoms with Crippen LogP contribution in [0.1, 0.15) is 77.5 Å². The fourth-order valence-electron chi connectivity index (χ4n) is 4.58. The van der Waals surface area contributed by atoms with E-state index in [9.17, 15) is 9.90 Å². The summed E-state index contributed by atoms with van der Waals surface area (Å²) in [5, 5.41) is 11.7. The average Bonchev–Trinajstić information content (AvgIpc) is 2.84. The van der Waals surface area contributed by atoms with Gasteiger partial charge >= 0.3 is 5.97 Å². The smallest absolute Gasteiger partial charge is 0.337 e. The van der Waals surface area contributed by atoms with E-state index >= 15 is 0 Å². The number of carboxylic acids is 1. The van der Waals surface area contributed by atoms with Crippen molar-refractivity contribution in [3.8, 4) is 0 Å². The number of carboxylic acid groups (broad SMARTS) is 1. The Labute approximate surface area is 149 Å². The van der Waals surface area contributed by atoms with Crippen LogP contribution >= 0.6 is 11.3 Å². The zero-order valence-electron chi connectivity index (χ0n) is 15.1. The van der Waals surface area contributed by atoms with Crippen molar-refractivity contribution in [1.29, 1.82) is 0 Å². The van der Waals surface area contributed by atoms with Gasteiger partial charge in [0.25, 0.3) is 0 Å². The number of nitrogens with two attached hydrogens (primary N) is 1. The van der Waals surface area contributed by atoms with E-state index in [0.717, 1.165) is 49.1 Å². The standard InChI is InChI=1S/C19H30N2O2S/c1-19(2)9-8-15-14(10-19)16(18(22)23)17(24-15)13-7-5-4-6-12(13)11-21(3)20/h12-13H,4-11,20H2,1-3H3,(H,22,23)/t12-,13-/m0/s1. The fraction of sp³-hybridized carbons (Fsp3) is 0.737. The van der Waals surface area contributed by atoms with Crippen molar-refractivity contribution in [2.75, 3.05) is 13.6 Å². The molecule has 0 radical (unpaired) electrons. The van der Waals surface area contributed by atoms with Crippen LogP contribution in [0, 0.1) is 11.3 Å². The molecule has 0 unspecified atom stereocenters. The number of hydrogen-bond acceptors (Lipinski definition) is 4. The van der Waals surface area contributed by atoms with Crippen molar-refractivity contribution in [1.82, 2.24) is 5.01 Å². The molecule has 24 heavy (non-hydrogen) atoms. The third-order valence-electron chi connectivity index (χ3n) is 5.78. The number of rotatable bonds is 4. The lowest BCUT2D eigenvalue weighted by molar-refractivity contribution is 0.0692. The fourth-order valence-corrected chi connectivity index (χ4v) is 6.12. The third-order valence-corrected chi connectivity index (χ3v) is 7.21. The number of hydrogen-bond donors (Lipinski definition) is 2. The number of aryl methyl sites for hydroxylation is 1. The van der Waals surface area contributed by atoms with Crippen LogP contribution in [0.5, 0.6) is 0 Å². The molecule has 0 bridgehead atoms. The highest BCUT2D eigenvalue weighted by Crippen LogP contribution is 2.48. The van der Waals surface area contributed by atoms with Gasteiger partial charge in [0.1, 0.15) is 0 Å². The summed E-state index contributed by atoms with van der Waals surface area (Å²) in [5.41, 5.74) is 1.97. The maximum atomic E-state index is 12.1. The molecule has 1 saturated carbocycles. The first-order valence-corrected chi connectivity index (χ1v) is 9.94. The second kappa shape index (κ2) is 6.77. The lowest BCUT2D eigenvalue weighted by Crippen LogP contribution is -2.35. The molecule has 0 aromatic carbocycles. The normalized spacial score (nSPS) is 26.4. The van der Waals surface area contributed by atoms with E-state index in [1.807, 2.05) is 7.05 Å². The summed E-state index contributed by atoms with van der Waals surface area (Å²) in [4.78, 5) is 14.6. The first-order chi connectivity index (χ1) is 11.3. The van der Waals surface area contributed by atoms with Crippen molar-refractivity contribution in [3.05, 3.63) is 20.9 Å². The number of fused-ring (bicyclic) bond motifs is 1. The predicted octanol–water partition coefficient (Wildman–Crippen LogP) is 4.04. The maximum Gasteiger partial charge on any atom is 0.337 e. The molecule has 134 valence electrons. The van der Waals surface area contributed by atoms with E-state index < -0.39 is 5.97 Å². The molecule has 2 aliphatic rings. The minimum atomic E-state index is -0.731. The zero-order chi connectivity index (χ0) is 17.5. The molecule has 2 aliphatic carbocycles. The molecule has 2 atom stereocenters. The minimum absolute atomic E-state index is 0.207. The summed E-state index contributed by atoms with van der Waals surface area (Å²) in [6.07, 6.45) is 7.76. The van der Waals surface area contributed by atoms with Crippen LogP contribution in [0.3, 0.4) is 0 Å².